The van der Waals surface area contributed by atoms with E-state index in [1.54, 1.807) is 0 Å². The molecule has 0 amide bonds. The molecule has 0 aliphatic carbocycles. The monoisotopic (exact) mass is 784 g/mol. The van der Waals surface area contributed by atoms with Gasteiger partial charge >= 0.3 is 0 Å². The highest BCUT2D eigenvalue weighted by atomic mass is 14.2. The first kappa shape index (κ1) is 35.8. The lowest BCUT2D eigenvalue weighted by atomic mass is 9.84. The Morgan fingerprint density at radius 2 is 0.613 bits per heavy atom. The maximum Gasteiger partial charge on any atom is -0.00259 e. The van der Waals surface area contributed by atoms with Gasteiger partial charge in [-0.3, -0.25) is 0 Å². The standard InChI is InChI=1S/C62H40/c1-2-15-41(16-3-1)29-35-53-51-23-8-10-25-54(51)60(55-26-11-9-24-52(53)55)48-22-14-21-46(39-48)47-34-36-58-59(40-47)62(50-33-31-43-18-5-7-20-45(43)38-50)57-28-13-12-27-56(57)61(58)49-32-30-42-17-4-6-19-44(42)37-49/h1-40H/b35-29+. The molecule has 0 radical (unpaired) electrons. The van der Waals surface area contributed by atoms with Crippen LogP contribution in [0.5, 0.6) is 0 Å². The minimum absolute atomic E-state index is 1.19. The molecule has 0 heterocycles. The van der Waals surface area contributed by atoms with Crippen molar-refractivity contribution in [3.63, 3.8) is 0 Å². The van der Waals surface area contributed by atoms with E-state index in [1.165, 1.54) is 120 Å². The molecule has 0 aliphatic rings. The number of rotatable bonds is 6. The summed E-state index contributed by atoms with van der Waals surface area (Å²) in [6.07, 6.45) is 4.52. The van der Waals surface area contributed by atoms with Crippen molar-refractivity contribution in [2.24, 2.45) is 0 Å². The number of hydrogen-bond donors (Lipinski definition) is 0. The summed E-state index contributed by atoms with van der Waals surface area (Å²) in [5.74, 6) is 0. The minimum atomic E-state index is 1.19. The molecular weight excluding hydrogens is 745 g/mol. The molecule has 0 aliphatic heterocycles. The maximum absolute atomic E-state index is 2.45. The third kappa shape index (κ3) is 6.08. The zero-order valence-corrected chi connectivity index (χ0v) is 34.1. The van der Waals surface area contributed by atoms with Crippen molar-refractivity contribution in [3.05, 3.63) is 242 Å². The van der Waals surface area contributed by atoms with Gasteiger partial charge in [0.15, 0.2) is 0 Å². The summed E-state index contributed by atoms with van der Waals surface area (Å²) < 4.78 is 0. The molecule has 62 heavy (non-hydrogen) atoms. The summed E-state index contributed by atoms with van der Waals surface area (Å²) in [4.78, 5) is 0. The molecule has 0 bridgehead atoms. The Bertz CT molecular complexity index is 3680. The maximum atomic E-state index is 2.45. The summed E-state index contributed by atoms with van der Waals surface area (Å²) in [6, 6.07) is 84.9. The highest BCUT2D eigenvalue weighted by molar-refractivity contribution is 6.23. The molecule has 0 fully saturated rings. The second-order valence-electron chi connectivity index (χ2n) is 16.4. The number of fused-ring (bicyclic) bond motifs is 6. The molecule has 0 aromatic heterocycles. The summed E-state index contributed by atoms with van der Waals surface area (Å²) in [7, 11) is 0. The van der Waals surface area contributed by atoms with Crippen LogP contribution in [0.2, 0.25) is 0 Å². The predicted octanol–water partition coefficient (Wildman–Crippen LogP) is 17.4. The molecule has 0 saturated carbocycles. The smallest absolute Gasteiger partial charge is 0.00259 e. The van der Waals surface area contributed by atoms with Crippen molar-refractivity contribution < 1.29 is 0 Å². The quantitative estimate of drug-likeness (QED) is 0.116. The van der Waals surface area contributed by atoms with Gasteiger partial charge in [-0.1, -0.05) is 218 Å². The molecule has 0 saturated heterocycles. The van der Waals surface area contributed by atoms with Gasteiger partial charge in [0.2, 0.25) is 0 Å². The van der Waals surface area contributed by atoms with Crippen molar-refractivity contribution in [2.45, 2.75) is 0 Å². The van der Waals surface area contributed by atoms with Gasteiger partial charge in [-0.15, -0.1) is 0 Å². The van der Waals surface area contributed by atoms with Gasteiger partial charge in [0.05, 0.1) is 0 Å². The molecule has 0 N–H and O–H groups in total. The first-order valence-electron chi connectivity index (χ1n) is 21.5. The summed E-state index contributed by atoms with van der Waals surface area (Å²) in [6.45, 7) is 0. The Balaban J connectivity index is 1.09. The molecule has 0 atom stereocenters. The van der Waals surface area contributed by atoms with E-state index < -0.39 is 0 Å². The lowest BCUT2D eigenvalue weighted by Crippen LogP contribution is -1.92. The fraction of sp³-hybridized carbons (Fsp3) is 0. The fourth-order valence-electron chi connectivity index (χ4n) is 9.92. The molecule has 12 aromatic carbocycles. The van der Waals surface area contributed by atoms with Crippen LogP contribution in [-0.2, 0) is 0 Å². The van der Waals surface area contributed by atoms with E-state index in [0.29, 0.717) is 0 Å². The van der Waals surface area contributed by atoms with Crippen LogP contribution in [0.4, 0.5) is 0 Å². The number of hydrogen-bond acceptors (Lipinski definition) is 0. The molecule has 0 spiro atoms. The van der Waals surface area contributed by atoms with Gasteiger partial charge in [-0.25, -0.2) is 0 Å². The first-order chi connectivity index (χ1) is 30.7. The molecule has 288 valence electrons. The van der Waals surface area contributed by atoms with E-state index in [0.717, 1.165) is 0 Å². The van der Waals surface area contributed by atoms with E-state index in [-0.39, 0.29) is 0 Å². The van der Waals surface area contributed by atoms with Gasteiger partial charge < -0.3 is 0 Å². The Kier molecular flexibility index (Phi) is 8.61. The predicted molar refractivity (Wildman–Crippen MR) is 269 cm³/mol. The largest absolute Gasteiger partial charge is 0.0622 e. The molecule has 12 aromatic rings. The van der Waals surface area contributed by atoms with Crippen LogP contribution in [0.3, 0.4) is 0 Å². The topological polar surface area (TPSA) is 0 Å². The van der Waals surface area contributed by atoms with Crippen molar-refractivity contribution in [2.75, 3.05) is 0 Å². The summed E-state index contributed by atoms with van der Waals surface area (Å²) in [5, 5.41) is 15.0. The average molecular weight is 785 g/mol. The second-order valence-corrected chi connectivity index (χ2v) is 16.4. The van der Waals surface area contributed by atoms with E-state index >= 15 is 0 Å². The molecule has 0 unspecified atom stereocenters. The van der Waals surface area contributed by atoms with Gasteiger partial charge in [0, 0.05) is 0 Å². The molecule has 0 nitrogen and oxygen atoms in total. The Morgan fingerprint density at radius 1 is 0.210 bits per heavy atom. The molecule has 12 rings (SSSR count). The van der Waals surface area contributed by atoms with Crippen LogP contribution < -0.4 is 0 Å². The third-order valence-electron chi connectivity index (χ3n) is 12.8. The summed E-state index contributed by atoms with van der Waals surface area (Å²) in [5.41, 5.74) is 12.3. The SMILES string of the molecule is C(=C\c1c2ccccc2c(-c2cccc(-c3ccc4c(-c5ccc6ccccc6c5)c5ccccc5c(-c5ccc6ccccc6c5)c4c3)c2)c2ccccc12)/c1ccccc1. The van der Waals surface area contributed by atoms with Gasteiger partial charge in [-0.2, -0.15) is 0 Å². The lowest BCUT2D eigenvalue weighted by molar-refractivity contribution is 1.62. The van der Waals surface area contributed by atoms with Crippen molar-refractivity contribution >= 4 is 76.8 Å². The summed E-state index contributed by atoms with van der Waals surface area (Å²) >= 11 is 0. The highest BCUT2D eigenvalue weighted by Crippen LogP contribution is 2.47. The van der Waals surface area contributed by atoms with Crippen LogP contribution in [0.15, 0.2) is 231 Å². The van der Waals surface area contributed by atoms with E-state index in [9.17, 15) is 0 Å². The molecule has 0 heteroatoms. The first-order valence-corrected chi connectivity index (χ1v) is 21.5. The van der Waals surface area contributed by atoms with Crippen molar-refractivity contribution in [1.29, 1.82) is 0 Å². The number of benzene rings is 12. The van der Waals surface area contributed by atoms with Crippen LogP contribution in [-0.4, -0.2) is 0 Å². The van der Waals surface area contributed by atoms with Crippen LogP contribution in [0.25, 0.3) is 121 Å². The average Bonchev–Trinajstić information content (AvgIpc) is 3.34. The Labute approximate surface area is 361 Å². The highest BCUT2D eigenvalue weighted by Gasteiger charge is 2.19. The van der Waals surface area contributed by atoms with Crippen molar-refractivity contribution in [1.82, 2.24) is 0 Å². The lowest BCUT2D eigenvalue weighted by Gasteiger charge is -2.20. The fourth-order valence-corrected chi connectivity index (χ4v) is 9.92. The van der Waals surface area contributed by atoms with E-state index in [2.05, 4.69) is 243 Å². The van der Waals surface area contributed by atoms with Crippen LogP contribution in [0.1, 0.15) is 11.1 Å². The van der Waals surface area contributed by atoms with Crippen LogP contribution >= 0.6 is 0 Å². The Morgan fingerprint density at radius 3 is 1.19 bits per heavy atom. The molecular formula is C62H40. The second kappa shape index (κ2) is 14.9. The van der Waals surface area contributed by atoms with Gasteiger partial charge in [0.1, 0.15) is 0 Å². The third-order valence-corrected chi connectivity index (χ3v) is 12.8. The normalized spacial score (nSPS) is 11.8. The van der Waals surface area contributed by atoms with E-state index in [4.69, 9.17) is 0 Å². The zero-order valence-electron chi connectivity index (χ0n) is 34.1. The Hall–Kier alpha value is -8.06. The zero-order chi connectivity index (χ0) is 41.0. The van der Waals surface area contributed by atoms with Gasteiger partial charge in [0.25, 0.3) is 0 Å². The van der Waals surface area contributed by atoms with E-state index in [1.807, 2.05) is 0 Å². The van der Waals surface area contributed by atoms with Crippen molar-refractivity contribution in [3.8, 4) is 44.5 Å². The minimum Gasteiger partial charge on any atom is -0.0622 e. The van der Waals surface area contributed by atoms with Gasteiger partial charge in [-0.05, 0) is 145 Å². The van der Waals surface area contributed by atoms with Crippen LogP contribution in [0, 0.1) is 0 Å².